The van der Waals surface area contributed by atoms with Crippen LogP contribution in [0.4, 0.5) is 4.39 Å². The molecule has 0 saturated heterocycles. The van der Waals surface area contributed by atoms with Gasteiger partial charge in [-0.2, -0.15) is 14.0 Å². The largest absolute Gasteiger partial charge is 0.205 e. The lowest BCUT2D eigenvalue weighted by Crippen LogP contribution is -1.82. The molecule has 0 fully saturated rings. The van der Waals surface area contributed by atoms with E-state index in [4.69, 9.17) is 5.26 Å². The van der Waals surface area contributed by atoms with Crippen molar-refractivity contribution in [2.45, 2.75) is 0 Å². The third-order valence-corrected chi connectivity index (χ3v) is 2.02. The highest BCUT2D eigenvalue weighted by atomic mass is 32.1. The Morgan fingerprint density at radius 3 is 2.67 bits per heavy atom. The maximum absolute atomic E-state index is 12.9. The van der Waals surface area contributed by atoms with E-state index in [1.165, 1.54) is 12.1 Å². The number of rotatable bonds is 0. The molecule has 3 nitrogen and oxygen atoms in total. The topological polar surface area (TPSA) is 49.6 Å². The average Bonchev–Trinajstić information content (AvgIpc) is 2.49. The highest BCUT2D eigenvalue weighted by Crippen LogP contribution is 2.16. The van der Waals surface area contributed by atoms with Crippen molar-refractivity contribution in [1.29, 1.82) is 5.26 Å². The Labute approximate surface area is 71.4 Å². The van der Waals surface area contributed by atoms with E-state index in [1.807, 2.05) is 0 Å². The molecule has 0 bridgehead atoms. The van der Waals surface area contributed by atoms with E-state index in [9.17, 15) is 4.39 Å². The molecule has 1 aromatic heterocycles. The van der Waals surface area contributed by atoms with Gasteiger partial charge in [0.05, 0.1) is 17.3 Å². The summed E-state index contributed by atoms with van der Waals surface area (Å²) in [6, 6.07) is 4.36. The lowest BCUT2D eigenvalue weighted by Gasteiger charge is -1.90. The summed E-state index contributed by atoms with van der Waals surface area (Å²) >= 11 is 1.00. The van der Waals surface area contributed by atoms with Gasteiger partial charge in [0.1, 0.15) is 22.9 Å². The molecule has 0 spiro atoms. The smallest absolute Gasteiger partial charge is 0.143 e. The van der Waals surface area contributed by atoms with Gasteiger partial charge in [-0.05, 0) is 6.07 Å². The normalized spacial score (nSPS) is 10.0. The molecule has 0 radical (unpaired) electrons. The molecule has 0 atom stereocenters. The van der Waals surface area contributed by atoms with Crippen molar-refractivity contribution < 1.29 is 4.39 Å². The highest BCUT2D eigenvalue weighted by Gasteiger charge is 2.05. The Morgan fingerprint density at radius 1 is 1.33 bits per heavy atom. The number of hydrogen-bond donors (Lipinski definition) is 0. The minimum Gasteiger partial charge on any atom is -0.205 e. The van der Waals surface area contributed by atoms with Gasteiger partial charge in [-0.25, -0.2) is 4.39 Å². The molecule has 0 saturated carbocycles. The van der Waals surface area contributed by atoms with Crippen LogP contribution in [0, 0.1) is 17.1 Å². The van der Waals surface area contributed by atoms with Crippen molar-refractivity contribution in [3.8, 4) is 6.07 Å². The molecule has 0 aliphatic rings. The van der Waals surface area contributed by atoms with Crippen LogP contribution < -0.4 is 0 Å². The SMILES string of the molecule is N#Cc1cc2nsnc2cc1F. The molecule has 58 valence electrons. The lowest BCUT2D eigenvalue weighted by atomic mass is 10.2. The zero-order valence-electron chi connectivity index (χ0n) is 5.78. The van der Waals surface area contributed by atoms with Crippen LogP contribution in [-0.2, 0) is 0 Å². The van der Waals surface area contributed by atoms with E-state index in [1.54, 1.807) is 6.07 Å². The van der Waals surface area contributed by atoms with Gasteiger partial charge >= 0.3 is 0 Å². The summed E-state index contributed by atoms with van der Waals surface area (Å²) in [5.41, 5.74) is 1.07. The monoisotopic (exact) mass is 179 g/mol. The summed E-state index contributed by atoms with van der Waals surface area (Å²) in [5.74, 6) is -0.544. The minimum absolute atomic E-state index is 0.00944. The second kappa shape index (κ2) is 2.50. The molecule has 1 heterocycles. The third-order valence-electron chi connectivity index (χ3n) is 1.46. The van der Waals surface area contributed by atoms with E-state index in [0.29, 0.717) is 11.0 Å². The van der Waals surface area contributed by atoms with E-state index < -0.39 is 5.82 Å². The molecule has 0 N–H and O–H groups in total. The zero-order valence-corrected chi connectivity index (χ0v) is 6.60. The Balaban J connectivity index is 2.84. The van der Waals surface area contributed by atoms with E-state index in [2.05, 4.69) is 8.75 Å². The van der Waals surface area contributed by atoms with Gasteiger partial charge in [-0.1, -0.05) is 0 Å². The Morgan fingerprint density at radius 2 is 2.00 bits per heavy atom. The van der Waals surface area contributed by atoms with Crippen molar-refractivity contribution in [3.63, 3.8) is 0 Å². The van der Waals surface area contributed by atoms with Gasteiger partial charge in [0.25, 0.3) is 0 Å². The van der Waals surface area contributed by atoms with Crippen LogP contribution in [0.5, 0.6) is 0 Å². The number of benzene rings is 1. The number of nitriles is 1. The molecular formula is C7H2FN3S. The second-order valence-corrected chi connectivity index (χ2v) is 2.73. The predicted molar refractivity (Wildman–Crippen MR) is 42.1 cm³/mol. The van der Waals surface area contributed by atoms with Crippen LogP contribution in [0.1, 0.15) is 5.56 Å². The summed E-state index contributed by atoms with van der Waals surface area (Å²) in [6.07, 6.45) is 0. The van der Waals surface area contributed by atoms with Crippen LogP contribution in [0.15, 0.2) is 12.1 Å². The van der Waals surface area contributed by atoms with Gasteiger partial charge in [0, 0.05) is 6.07 Å². The summed E-state index contributed by atoms with van der Waals surface area (Å²) in [5, 5.41) is 8.48. The molecule has 1 aromatic carbocycles. The predicted octanol–water partition coefficient (Wildman–Crippen LogP) is 1.70. The fraction of sp³-hybridized carbons (Fsp3) is 0. The van der Waals surface area contributed by atoms with Crippen molar-refractivity contribution in [2.24, 2.45) is 0 Å². The van der Waals surface area contributed by atoms with Crippen LogP contribution in [-0.4, -0.2) is 8.75 Å². The van der Waals surface area contributed by atoms with Gasteiger partial charge in [0.15, 0.2) is 0 Å². The molecular weight excluding hydrogens is 177 g/mol. The summed E-state index contributed by atoms with van der Waals surface area (Å²) in [7, 11) is 0. The maximum Gasteiger partial charge on any atom is 0.143 e. The van der Waals surface area contributed by atoms with Crippen molar-refractivity contribution in [3.05, 3.63) is 23.5 Å². The maximum atomic E-state index is 12.9. The van der Waals surface area contributed by atoms with Crippen LogP contribution in [0.2, 0.25) is 0 Å². The second-order valence-electron chi connectivity index (χ2n) is 2.20. The van der Waals surface area contributed by atoms with Crippen LogP contribution >= 0.6 is 11.7 Å². The number of hydrogen-bond acceptors (Lipinski definition) is 4. The Hall–Kier alpha value is -1.54. The Bertz CT molecular complexity index is 471. The summed E-state index contributed by atoms with van der Waals surface area (Å²) in [4.78, 5) is 0. The van der Waals surface area contributed by atoms with E-state index >= 15 is 0 Å². The number of halogens is 1. The molecule has 12 heavy (non-hydrogen) atoms. The standard InChI is InChI=1S/C7H2FN3S/c8-5-2-7-6(10-12-11-7)1-4(5)3-9/h1-2H. The molecule has 2 aromatic rings. The third kappa shape index (κ3) is 0.933. The molecule has 0 aliphatic heterocycles. The average molecular weight is 179 g/mol. The fourth-order valence-electron chi connectivity index (χ4n) is 0.892. The quantitative estimate of drug-likeness (QED) is 0.618. The molecule has 0 amide bonds. The number of aromatic nitrogens is 2. The van der Waals surface area contributed by atoms with Crippen molar-refractivity contribution in [1.82, 2.24) is 8.75 Å². The zero-order chi connectivity index (χ0) is 8.55. The molecule has 5 heteroatoms. The summed E-state index contributed by atoms with van der Waals surface area (Å²) < 4.78 is 20.6. The van der Waals surface area contributed by atoms with Crippen LogP contribution in [0.25, 0.3) is 11.0 Å². The first-order valence-corrected chi connectivity index (χ1v) is 3.86. The van der Waals surface area contributed by atoms with E-state index in [-0.39, 0.29) is 5.56 Å². The Kier molecular flexibility index (Phi) is 1.48. The van der Waals surface area contributed by atoms with Gasteiger partial charge < -0.3 is 0 Å². The molecule has 0 unspecified atom stereocenters. The van der Waals surface area contributed by atoms with Gasteiger partial charge in [-0.3, -0.25) is 0 Å². The van der Waals surface area contributed by atoms with Crippen molar-refractivity contribution >= 4 is 22.8 Å². The minimum atomic E-state index is -0.544. The highest BCUT2D eigenvalue weighted by molar-refractivity contribution is 7.00. The number of nitrogens with zero attached hydrogens (tertiary/aromatic N) is 3. The lowest BCUT2D eigenvalue weighted by molar-refractivity contribution is 0.625. The summed E-state index contributed by atoms with van der Waals surface area (Å²) in [6.45, 7) is 0. The first-order valence-electron chi connectivity index (χ1n) is 3.13. The van der Waals surface area contributed by atoms with Crippen LogP contribution in [0.3, 0.4) is 0 Å². The van der Waals surface area contributed by atoms with Gasteiger partial charge in [0.2, 0.25) is 0 Å². The fourth-order valence-corrected chi connectivity index (χ4v) is 1.40. The van der Waals surface area contributed by atoms with Crippen molar-refractivity contribution in [2.75, 3.05) is 0 Å². The first kappa shape index (κ1) is 7.13. The first-order chi connectivity index (χ1) is 5.81. The molecule has 2 rings (SSSR count). The molecule has 0 aliphatic carbocycles. The van der Waals surface area contributed by atoms with Gasteiger partial charge in [-0.15, -0.1) is 0 Å². The van der Waals surface area contributed by atoms with E-state index in [0.717, 1.165) is 11.7 Å². The number of fused-ring (bicyclic) bond motifs is 1.